The summed E-state index contributed by atoms with van der Waals surface area (Å²) in [6, 6.07) is 1.62. The smallest absolute Gasteiger partial charge is 0.329 e. The van der Waals surface area contributed by atoms with Crippen LogP contribution in [0.5, 0.6) is 0 Å². The fourth-order valence-corrected chi connectivity index (χ4v) is 1.43. The molecule has 1 aromatic heterocycles. The number of hydrogen-bond donors (Lipinski definition) is 2. The first-order valence-corrected chi connectivity index (χ1v) is 5.36. The van der Waals surface area contributed by atoms with Crippen molar-refractivity contribution in [2.24, 2.45) is 7.05 Å². The summed E-state index contributed by atoms with van der Waals surface area (Å²) in [6.07, 6.45) is 0.310. The number of carbonyl (C=O) groups excluding carboxylic acids is 1. The maximum atomic E-state index is 11.9. The van der Waals surface area contributed by atoms with Gasteiger partial charge in [0, 0.05) is 7.05 Å². The minimum atomic E-state index is -1.25. The van der Waals surface area contributed by atoms with E-state index in [4.69, 9.17) is 5.11 Å². The molecule has 0 saturated carbocycles. The highest BCUT2D eigenvalue weighted by atomic mass is 16.4. The molecule has 0 fully saturated rings. The zero-order valence-electron chi connectivity index (χ0n) is 10.4. The van der Waals surface area contributed by atoms with Crippen molar-refractivity contribution in [3.63, 3.8) is 0 Å². The van der Waals surface area contributed by atoms with Crippen molar-refractivity contribution in [2.45, 2.75) is 32.7 Å². The molecule has 0 spiro atoms. The Labute approximate surface area is 99.6 Å². The summed E-state index contributed by atoms with van der Waals surface area (Å²) in [5.74, 6) is -1.48. The molecule has 0 aliphatic carbocycles. The fraction of sp³-hybridized carbons (Fsp3) is 0.545. The molecule has 0 aromatic carbocycles. The van der Waals surface area contributed by atoms with Crippen LogP contribution in [-0.4, -0.2) is 32.3 Å². The Kier molecular flexibility index (Phi) is 3.55. The second kappa shape index (κ2) is 4.57. The molecule has 6 nitrogen and oxygen atoms in total. The lowest BCUT2D eigenvalue weighted by Gasteiger charge is -2.24. The number of nitrogens with zero attached hydrogens (tertiary/aromatic N) is 2. The van der Waals surface area contributed by atoms with Crippen molar-refractivity contribution in [1.82, 2.24) is 15.1 Å². The van der Waals surface area contributed by atoms with Gasteiger partial charge in [-0.05, 0) is 26.3 Å². The van der Waals surface area contributed by atoms with E-state index in [9.17, 15) is 9.59 Å². The highest BCUT2D eigenvalue weighted by Crippen LogP contribution is 2.11. The number of carbonyl (C=O) groups is 2. The molecule has 17 heavy (non-hydrogen) atoms. The summed E-state index contributed by atoms with van der Waals surface area (Å²) >= 11 is 0. The summed E-state index contributed by atoms with van der Waals surface area (Å²) < 4.78 is 1.43. The van der Waals surface area contributed by atoms with Crippen LogP contribution in [0.4, 0.5) is 0 Å². The van der Waals surface area contributed by atoms with Crippen LogP contribution >= 0.6 is 0 Å². The van der Waals surface area contributed by atoms with E-state index in [1.54, 1.807) is 27.0 Å². The number of nitrogens with one attached hydrogen (secondary N) is 1. The van der Waals surface area contributed by atoms with E-state index in [1.807, 2.05) is 0 Å². The molecule has 1 unspecified atom stereocenters. The molecule has 0 aliphatic rings. The molecular weight excluding hydrogens is 222 g/mol. The van der Waals surface area contributed by atoms with Crippen molar-refractivity contribution in [3.8, 4) is 0 Å². The normalized spacial score (nSPS) is 14.1. The SMILES string of the molecule is CCC(C)(NC(=O)c1cc(C)nn1C)C(=O)O. The first-order valence-electron chi connectivity index (χ1n) is 5.36. The minimum Gasteiger partial charge on any atom is -0.480 e. The summed E-state index contributed by atoms with van der Waals surface area (Å²) in [4.78, 5) is 23.0. The summed E-state index contributed by atoms with van der Waals surface area (Å²) in [5, 5.41) is 15.6. The van der Waals surface area contributed by atoms with E-state index in [0.29, 0.717) is 17.8 Å². The molecule has 0 aliphatic heterocycles. The Balaban J connectivity index is 2.93. The van der Waals surface area contributed by atoms with Gasteiger partial charge in [0.25, 0.3) is 5.91 Å². The van der Waals surface area contributed by atoms with Crippen LogP contribution in [0.2, 0.25) is 0 Å². The lowest BCUT2D eigenvalue weighted by Crippen LogP contribution is -2.52. The van der Waals surface area contributed by atoms with Crippen molar-refractivity contribution >= 4 is 11.9 Å². The molecule has 0 saturated heterocycles. The van der Waals surface area contributed by atoms with Gasteiger partial charge in [-0.25, -0.2) is 4.79 Å². The zero-order valence-corrected chi connectivity index (χ0v) is 10.4. The Morgan fingerprint density at radius 3 is 2.53 bits per heavy atom. The molecule has 2 N–H and O–H groups in total. The average molecular weight is 239 g/mol. The molecule has 1 atom stereocenters. The maximum Gasteiger partial charge on any atom is 0.329 e. The number of carboxylic acid groups (broad SMARTS) is 1. The van der Waals surface area contributed by atoms with E-state index in [-0.39, 0.29) is 0 Å². The number of amides is 1. The van der Waals surface area contributed by atoms with E-state index in [1.165, 1.54) is 11.6 Å². The van der Waals surface area contributed by atoms with Gasteiger partial charge in [-0.3, -0.25) is 9.48 Å². The number of hydrogen-bond acceptors (Lipinski definition) is 3. The standard InChI is InChI=1S/C11H17N3O3/c1-5-11(3,10(16)17)12-9(15)8-6-7(2)13-14(8)4/h6H,5H2,1-4H3,(H,12,15)(H,16,17). The molecule has 1 rings (SSSR count). The Hall–Kier alpha value is -1.85. The van der Waals surface area contributed by atoms with Crippen LogP contribution in [0.25, 0.3) is 0 Å². The highest BCUT2D eigenvalue weighted by Gasteiger charge is 2.33. The topological polar surface area (TPSA) is 84.2 Å². The molecule has 1 aromatic rings. The van der Waals surface area contributed by atoms with Gasteiger partial charge < -0.3 is 10.4 Å². The van der Waals surface area contributed by atoms with Gasteiger partial charge in [-0.1, -0.05) is 6.92 Å². The predicted octanol–water partition coefficient (Wildman–Crippen LogP) is 0.712. The largest absolute Gasteiger partial charge is 0.480 e. The highest BCUT2D eigenvalue weighted by molar-refractivity contribution is 5.96. The summed E-state index contributed by atoms with van der Waals surface area (Å²) in [6.45, 7) is 4.96. The van der Waals surface area contributed by atoms with Gasteiger partial charge >= 0.3 is 5.97 Å². The number of carboxylic acids is 1. The molecular formula is C11H17N3O3. The average Bonchev–Trinajstić information content (AvgIpc) is 2.57. The lowest BCUT2D eigenvalue weighted by atomic mass is 9.99. The number of aliphatic carboxylic acids is 1. The number of rotatable bonds is 4. The molecule has 0 radical (unpaired) electrons. The van der Waals surface area contributed by atoms with Crippen LogP contribution in [0, 0.1) is 6.92 Å². The van der Waals surface area contributed by atoms with Crippen LogP contribution in [0.3, 0.4) is 0 Å². The monoisotopic (exact) mass is 239 g/mol. The number of aryl methyl sites for hydroxylation is 2. The van der Waals surface area contributed by atoms with Crippen LogP contribution in [-0.2, 0) is 11.8 Å². The van der Waals surface area contributed by atoms with E-state index in [0.717, 1.165) is 0 Å². The van der Waals surface area contributed by atoms with Gasteiger partial charge in [-0.2, -0.15) is 5.10 Å². The second-order valence-corrected chi connectivity index (χ2v) is 4.24. The summed E-state index contributed by atoms with van der Waals surface area (Å²) in [7, 11) is 1.64. The Morgan fingerprint density at radius 2 is 2.18 bits per heavy atom. The Bertz CT molecular complexity index is 453. The maximum absolute atomic E-state index is 11.9. The van der Waals surface area contributed by atoms with Gasteiger partial charge in [0.2, 0.25) is 0 Å². The van der Waals surface area contributed by atoms with Gasteiger partial charge in [-0.15, -0.1) is 0 Å². The third-order valence-corrected chi connectivity index (χ3v) is 2.80. The van der Waals surface area contributed by atoms with Gasteiger partial charge in [0.15, 0.2) is 0 Å². The van der Waals surface area contributed by atoms with Crippen molar-refractivity contribution in [1.29, 1.82) is 0 Å². The van der Waals surface area contributed by atoms with Gasteiger partial charge in [0.1, 0.15) is 11.2 Å². The molecule has 1 amide bonds. The molecule has 0 bridgehead atoms. The summed E-state index contributed by atoms with van der Waals surface area (Å²) in [5.41, 5.74) is -0.190. The number of aromatic nitrogens is 2. The van der Waals surface area contributed by atoms with Crippen LogP contribution in [0.1, 0.15) is 36.5 Å². The molecule has 1 heterocycles. The Morgan fingerprint density at radius 1 is 1.59 bits per heavy atom. The van der Waals surface area contributed by atoms with Crippen molar-refractivity contribution in [3.05, 3.63) is 17.5 Å². The third kappa shape index (κ3) is 2.64. The first kappa shape index (κ1) is 13.2. The van der Waals surface area contributed by atoms with Crippen molar-refractivity contribution < 1.29 is 14.7 Å². The van der Waals surface area contributed by atoms with E-state index in [2.05, 4.69) is 10.4 Å². The molecule has 94 valence electrons. The minimum absolute atomic E-state index is 0.310. The zero-order chi connectivity index (χ0) is 13.2. The van der Waals surface area contributed by atoms with Crippen molar-refractivity contribution in [2.75, 3.05) is 0 Å². The quantitative estimate of drug-likeness (QED) is 0.810. The van der Waals surface area contributed by atoms with Crippen LogP contribution in [0.15, 0.2) is 6.07 Å². The lowest BCUT2D eigenvalue weighted by molar-refractivity contribution is -0.143. The van der Waals surface area contributed by atoms with E-state index >= 15 is 0 Å². The molecule has 6 heteroatoms. The van der Waals surface area contributed by atoms with Crippen LogP contribution < -0.4 is 5.32 Å². The van der Waals surface area contributed by atoms with Gasteiger partial charge in [0.05, 0.1) is 5.69 Å². The first-order chi connectivity index (χ1) is 7.80. The predicted molar refractivity (Wildman–Crippen MR) is 61.7 cm³/mol. The van der Waals surface area contributed by atoms with E-state index < -0.39 is 17.4 Å². The fourth-order valence-electron chi connectivity index (χ4n) is 1.43. The second-order valence-electron chi connectivity index (χ2n) is 4.24. The third-order valence-electron chi connectivity index (χ3n) is 2.80.